The molecule has 52 valence electrons. The Balaban J connectivity index is 2.71. The Bertz CT molecular complexity index is 214. The molecule has 0 aliphatic carbocycles. The van der Waals surface area contributed by atoms with Gasteiger partial charge < -0.3 is 0 Å². The number of nitrogens with zero attached hydrogens (tertiary/aromatic N) is 1. The number of hydrogen-bond acceptors (Lipinski definition) is 4. The molecule has 3 unspecified atom stereocenters. The molecule has 0 N–H and O–H groups in total. The van der Waals surface area contributed by atoms with Crippen molar-refractivity contribution in [1.82, 2.24) is 0 Å². The Kier molecular flexibility index (Phi) is 2.03. The largest absolute Gasteiger partial charge is 0.307 e. The number of nitriles is 1. The summed E-state index contributed by atoms with van der Waals surface area (Å²) in [6.45, 7) is 0. The second-order valence-electron chi connectivity index (χ2n) is 1.53. The van der Waals surface area contributed by atoms with E-state index in [2.05, 4.69) is 14.3 Å². The highest BCUT2D eigenvalue weighted by Gasteiger charge is 2.33. The molecule has 1 fully saturated rings. The van der Waals surface area contributed by atoms with Gasteiger partial charge in [-0.3, -0.25) is 0 Å². The summed E-state index contributed by atoms with van der Waals surface area (Å²) < 4.78 is 19.4. The molecule has 0 saturated carbocycles. The molecule has 5 heteroatoms. The van der Waals surface area contributed by atoms with Gasteiger partial charge in [-0.25, -0.2) is 8.37 Å². The van der Waals surface area contributed by atoms with Gasteiger partial charge in [-0.05, 0) is 0 Å². The van der Waals surface area contributed by atoms with E-state index in [4.69, 9.17) is 11.7 Å². The van der Waals surface area contributed by atoms with Crippen LogP contribution in [-0.2, 0) is 19.7 Å². The van der Waals surface area contributed by atoms with Gasteiger partial charge in [0, 0.05) is 0 Å². The molecular formula is C5H3NO3S. The van der Waals surface area contributed by atoms with Gasteiger partial charge in [-0.1, -0.05) is 5.92 Å². The Morgan fingerprint density at radius 2 is 2.10 bits per heavy atom. The van der Waals surface area contributed by atoms with Gasteiger partial charge >= 0.3 is 11.4 Å². The molecule has 0 radical (unpaired) electrons. The quantitative estimate of drug-likeness (QED) is 0.445. The zero-order chi connectivity index (χ0) is 7.56. The smallest absolute Gasteiger partial charge is 0.248 e. The summed E-state index contributed by atoms with van der Waals surface area (Å²) in [5.41, 5.74) is 0. The number of hydrogen-bond donors (Lipinski definition) is 0. The second-order valence-corrected chi connectivity index (χ2v) is 2.33. The van der Waals surface area contributed by atoms with Crippen molar-refractivity contribution in [3.8, 4) is 18.4 Å². The fourth-order valence-electron chi connectivity index (χ4n) is 0.497. The summed E-state index contributed by atoms with van der Waals surface area (Å²) in [7, 11) is 0. The van der Waals surface area contributed by atoms with E-state index in [1.54, 1.807) is 6.07 Å². The first kappa shape index (κ1) is 7.23. The molecule has 0 aromatic heterocycles. The monoisotopic (exact) mass is 157 g/mol. The van der Waals surface area contributed by atoms with Crippen molar-refractivity contribution >= 4 is 11.4 Å². The maximum absolute atomic E-state index is 10.4. The molecule has 1 aliphatic heterocycles. The van der Waals surface area contributed by atoms with Crippen LogP contribution in [0.5, 0.6) is 0 Å². The summed E-state index contributed by atoms with van der Waals surface area (Å²) in [6.07, 6.45) is 3.22. The predicted molar refractivity (Wildman–Crippen MR) is 32.3 cm³/mol. The van der Waals surface area contributed by atoms with E-state index in [1.807, 2.05) is 0 Å². The molecule has 0 aromatic rings. The lowest BCUT2D eigenvalue weighted by Gasteiger charge is -1.96. The van der Waals surface area contributed by atoms with Crippen molar-refractivity contribution in [3.05, 3.63) is 0 Å². The van der Waals surface area contributed by atoms with E-state index in [0.29, 0.717) is 0 Å². The molecule has 4 nitrogen and oxygen atoms in total. The van der Waals surface area contributed by atoms with Gasteiger partial charge in [0.2, 0.25) is 6.10 Å². The highest BCUT2D eigenvalue weighted by Crippen LogP contribution is 2.15. The van der Waals surface area contributed by atoms with Crippen LogP contribution in [0.3, 0.4) is 0 Å². The normalized spacial score (nSPS) is 38.4. The Morgan fingerprint density at radius 3 is 2.50 bits per heavy atom. The van der Waals surface area contributed by atoms with Gasteiger partial charge in [-0.2, -0.15) is 9.47 Å². The first-order chi connectivity index (χ1) is 4.77. The average molecular weight is 157 g/mol. The van der Waals surface area contributed by atoms with Crippen molar-refractivity contribution in [3.63, 3.8) is 0 Å². The van der Waals surface area contributed by atoms with E-state index in [-0.39, 0.29) is 0 Å². The standard InChI is InChI=1S/C5H3NO3S/c1-2-4-5(3-6)9-10(7)8-4/h1,4-5H. The third kappa shape index (κ3) is 1.17. The van der Waals surface area contributed by atoms with Crippen molar-refractivity contribution in [2.75, 3.05) is 0 Å². The van der Waals surface area contributed by atoms with Crippen LogP contribution in [-0.4, -0.2) is 16.4 Å². The Hall–Kier alpha value is -0.880. The molecule has 0 spiro atoms. The van der Waals surface area contributed by atoms with E-state index in [1.165, 1.54) is 0 Å². The Labute approximate surface area is 60.6 Å². The van der Waals surface area contributed by atoms with Crippen LogP contribution in [0, 0.1) is 23.7 Å². The first-order valence-electron chi connectivity index (χ1n) is 2.39. The fraction of sp³-hybridized carbons (Fsp3) is 0.400. The second kappa shape index (κ2) is 2.80. The van der Waals surface area contributed by atoms with E-state index in [9.17, 15) is 4.21 Å². The van der Waals surface area contributed by atoms with Crippen LogP contribution in [0.1, 0.15) is 0 Å². The summed E-state index contributed by atoms with van der Waals surface area (Å²) in [5, 5.41) is 8.30. The van der Waals surface area contributed by atoms with Crippen molar-refractivity contribution in [2.45, 2.75) is 12.2 Å². The van der Waals surface area contributed by atoms with Crippen molar-refractivity contribution in [1.29, 1.82) is 5.26 Å². The summed E-state index contributed by atoms with van der Waals surface area (Å²) in [6, 6.07) is 1.71. The molecule has 1 rings (SSSR count). The zero-order valence-electron chi connectivity index (χ0n) is 4.81. The van der Waals surface area contributed by atoms with Crippen LogP contribution in [0.15, 0.2) is 0 Å². The van der Waals surface area contributed by atoms with Gasteiger partial charge in [0.1, 0.15) is 0 Å². The molecule has 1 aliphatic rings. The maximum atomic E-state index is 10.4. The number of terminal acetylenes is 1. The van der Waals surface area contributed by atoms with E-state index < -0.39 is 23.6 Å². The van der Waals surface area contributed by atoms with Gasteiger partial charge in [0.05, 0.1) is 6.07 Å². The summed E-state index contributed by atoms with van der Waals surface area (Å²) in [4.78, 5) is 0. The maximum Gasteiger partial charge on any atom is 0.307 e. The topological polar surface area (TPSA) is 59.3 Å². The predicted octanol–water partition coefficient (Wildman–Crippen LogP) is -0.494. The SMILES string of the molecule is C#CC1OS(=O)OC1C#N. The van der Waals surface area contributed by atoms with Crippen LogP contribution in [0.25, 0.3) is 0 Å². The molecule has 0 bridgehead atoms. The van der Waals surface area contributed by atoms with Gasteiger partial charge in [0.15, 0.2) is 6.10 Å². The first-order valence-corrected chi connectivity index (χ1v) is 3.39. The molecule has 1 heterocycles. The third-order valence-electron chi connectivity index (χ3n) is 0.931. The lowest BCUT2D eigenvalue weighted by molar-refractivity contribution is 0.249. The average Bonchev–Trinajstić information content (AvgIpc) is 2.30. The van der Waals surface area contributed by atoms with E-state index >= 15 is 0 Å². The van der Waals surface area contributed by atoms with Crippen LogP contribution in [0.4, 0.5) is 0 Å². The number of rotatable bonds is 0. The van der Waals surface area contributed by atoms with Crippen molar-refractivity contribution < 1.29 is 12.6 Å². The van der Waals surface area contributed by atoms with Crippen molar-refractivity contribution in [2.24, 2.45) is 0 Å². The van der Waals surface area contributed by atoms with Crippen LogP contribution in [0.2, 0.25) is 0 Å². The van der Waals surface area contributed by atoms with Crippen LogP contribution >= 0.6 is 0 Å². The molecule has 3 atom stereocenters. The molecule has 0 amide bonds. The minimum absolute atomic E-state index is 0.800. The zero-order valence-corrected chi connectivity index (χ0v) is 5.63. The third-order valence-corrected chi connectivity index (χ3v) is 1.66. The lowest BCUT2D eigenvalue weighted by Crippen LogP contribution is -2.17. The molecule has 0 aromatic carbocycles. The minimum atomic E-state index is -1.85. The van der Waals surface area contributed by atoms with Gasteiger partial charge in [0.25, 0.3) is 0 Å². The fourth-order valence-corrected chi connectivity index (χ4v) is 1.18. The molecule has 10 heavy (non-hydrogen) atoms. The molecular weight excluding hydrogens is 154 g/mol. The highest BCUT2D eigenvalue weighted by atomic mass is 32.2. The molecule has 1 saturated heterocycles. The highest BCUT2D eigenvalue weighted by molar-refractivity contribution is 7.75. The van der Waals surface area contributed by atoms with E-state index in [0.717, 1.165) is 0 Å². The minimum Gasteiger partial charge on any atom is -0.248 e. The lowest BCUT2D eigenvalue weighted by atomic mass is 10.2. The Morgan fingerprint density at radius 1 is 1.50 bits per heavy atom. The summed E-state index contributed by atoms with van der Waals surface area (Å²) in [5.74, 6) is 2.13. The van der Waals surface area contributed by atoms with Gasteiger partial charge in [-0.15, -0.1) is 6.42 Å². The van der Waals surface area contributed by atoms with Crippen LogP contribution < -0.4 is 0 Å². The summed E-state index contributed by atoms with van der Waals surface area (Å²) >= 11 is -1.85.